The first-order chi connectivity index (χ1) is 9.67. The third-order valence-electron chi connectivity index (χ3n) is 3.73. The summed E-state index contributed by atoms with van der Waals surface area (Å²) in [6.45, 7) is 1.000. The third kappa shape index (κ3) is 2.96. The molecule has 1 aliphatic rings. The molecule has 1 fully saturated rings. The van der Waals surface area contributed by atoms with Gasteiger partial charge in [0.15, 0.2) is 6.29 Å². The Morgan fingerprint density at radius 1 is 1.50 bits per heavy atom. The maximum absolute atomic E-state index is 11.2. The number of nitro groups is 1. The molecule has 1 saturated heterocycles. The first kappa shape index (κ1) is 14.5. The number of benzene rings is 1. The second-order valence-corrected chi connectivity index (χ2v) is 4.97. The van der Waals surface area contributed by atoms with Crippen LogP contribution in [0, 0.1) is 10.1 Å². The van der Waals surface area contributed by atoms with Crippen LogP contribution >= 0.6 is 0 Å². The van der Waals surface area contributed by atoms with Crippen molar-refractivity contribution in [1.82, 2.24) is 0 Å². The van der Waals surface area contributed by atoms with Crippen LogP contribution in [0.2, 0.25) is 0 Å². The smallest absolute Gasteiger partial charge is 0.270 e. The normalized spacial score (nSPS) is 18.2. The van der Waals surface area contributed by atoms with E-state index in [4.69, 9.17) is 5.11 Å². The zero-order valence-electron chi connectivity index (χ0n) is 11.2. The predicted molar refractivity (Wildman–Crippen MR) is 75.2 cm³/mol. The zero-order chi connectivity index (χ0) is 14.5. The molecule has 1 heterocycles. The third-order valence-corrected chi connectivity index (χ3v) is 3.73. The van der Waals surface area contributed by atoms with E-state index in [1.165, 1.54) is 12.1 Å². The number of non-ortho nitro benzene ring substituents is 1. The van der Waals surface area contributed by atoms with Gasteiger partial charge in [-0.05, 0) is 31.7 Å². The van der Waals surface area contributed by atoms with Crippen molar-refractivity contribution in [3.8, 4) is 0 Å². The number of aliphatic hydroxyl groups excluding tert-OH is 1. The van der Waals surface area contributed by atoms with Crippen molar-refractivity contribution in [2.75, 3.05) is 18.1 Å². The number of aliphatic hydroxyl groups is 1. The van der Waals surface area contributed by atoms with E-state index in [9.17, 15) is 14.9 Å². The van der Waals surface area contributed by atoms with E-state index in [0.29, 0.717) is 17.9 Å². The van der Waals surface area contributed by atoms with Crippen molar-refractivity contribution < 1.29 is 14.8 Å². The molecule has 0 saturated carbocycles. The van der Waals surface area contributed by atoms with E-state index in [0.717, 1.165) is 37.9 Å². The van der Waals surface area contributed by atoms with Crippen molar-refractivity contribution in [1.29, 1.82) is 0 Å². The van der Waals surface area contributed by atoms with Gasteiger partial charge in [-0.1, -0.05) is 0 Å². The fraction of sp³-hybridized carbons (Fsp3) is 0.500. The van der Waals surface area contributed by atoms with Crippen molar-refractivity contribution in [3.05, 3.63) is 33.9 Å². The molecule has 2 rings (SSSR count). The van der Waals surface area contributed by atoms with Crippen LogP contribution in [0.25, 0.3) is 0 Å². The Labute approximate surface area is 117 Å². The van der Waals surface area contributed by atoms with Crippen LogP contribution in [0.3, 0.4) is 0 Å². The van der Waals surface area contributed by atoms with E-state index in [2.05, 4.69) is 4.90 Å². The molecular weight excluding hydrogens is 260 g/mol. The first-order valence-electron chi connectivity index (χ1n) is 6.78. The standard InChI is InChI=1S/C14H18N2O4/c17-8-2-4-12-3-1-7-15(12)14-6-5-13(16(19)20)9-11(14)10-18/h5-6,9-10,12,17H,1-4,7-8H2. The number of nitro benzene ring substituents is 1. The highest BCUT2D eigenvalue weighted by Crippen LogP contribution is 2.32. The average molecular weight is 278 g/mol. The molecule has 1 aromatic carbocycles. The Hall–Kier alpha value is -1.95. The molecule has 1 aromatic rings. The Balaban J connectivity index is 2.26. The Kier molecular flexibility index (Phi) is 4.68. The number of hydrogen-bond donors (Lipinski definition) is 1. The number of rotatable bonds is 6. The quantitative estimate of drug-likeness (QED) is 0.489. The molecule has 0 amide bonds. The molecule has 0 spiro atoms. The Bertz CT molecular complexity index is 504. The van der Waals surface area contributed by atoms with Gasteiger partial charge in [-0.3, -0.25) is 14.9 Å². The van der Waals surface area contributed by atoms with Crippen molar-refractivity contribution in [2.24, 2.45) is 0 Å². The first-order valence-corrected chi connectivity index (χ1v) is 6.78. The summed E-state index contributed by atoms with van der Waals surface area (Å²) in [5.74, 6) is 0. The largest absolute Gasteiger partial charge is 0.396 e. The van der Waals surface area contributed by atoms with E-state index in [1.807, 2.05) is 0 Å². The molecule has 20 heavy (non-hydrogen) atoms. The Morgan fingerprint density at radius 2 is 2.30 bits per heavy atom. The second kappa shape index (κ2) is 6.47. The minimum absolute atomic E-state index is 0.0676. The van der Waals surface area contributed by atoms with Crippen LogP contribution in [0.5, 0.6) is 0 Å². The molecule has 0 aromatic heterocycles. The summed E-state index contributed by atoms with van der Waals surface area (Å²) < 4.78 is 0. The summed E-state index contributed by atoms with van der Waals surface area (Å²) >= 11 is 0. The molecule has 1 aliphatic heterocycles. The average Bonchev–Trinajstić information content (AvgIpc) is 2.92. The number of carbonyl (C=O) groups is 1. The number of hydrogen-bond acceptors (Lipinski definition) is 5. The van der Waals surface area contributed by atoms with Gasteiger partial charge in [0, 0.05) is 42.6 Å². The van der Waals surface area contributed by atoms with Crippen molar-refractivity contribution in [3.63, 3.8) is 0 Å². The molecule has 6 nitrogen and oxygen atoms in total. The van der Waals surface area contributed by atoms with Gasteiger partial charge in [0.05, 0.1) is 4.92 Å². The van der Waals surface area contributed by atoms with Crippen LogP contribution in [-0.4, -0.2) is 35.5 Å². The van der Waals surface area contributed by atoms with Crippen LogP contribution in [0.4, 0.5) is 11.4 Å². The molecule has 1 N–H and O–H groups in total. The minimum atomic E-state index is -0.496. The number of nitrogens with zero attached hydrogens (tertiary/aromatic N) is 2. The molecule has 6 heteroatoms. The predicted octanol–water partition coefficient (Wildman–Crippen LogP) is 2.15. The zero-order valence-corrected chi connectivity index (χ0v) is 11.2. The van der Waals surface area contributed by atoms with Gasteiger partial charge >= 0.3 is 0 Å². The van der Waals surface area contributed by atoms with Gasteiger partial charge < -0.3 is 10.0 Å². The fourth-order valence-electron chi connectivity index (χ4n) is 2.79. The highest BCUT2D eigenvalue weighted by atomic mass is 16.6. The molecule has 1 atom stereocenters. The van der Waals surface area contributed by atoms with Crippen LogP contribution in [-0.2, 0) is 0 Å². The van der Waals surface area contributed by atoms with Crippen molar-refractivity contribution in [2.45, 2.75) is 31.7 Å². The highest BCUT2D eigenvalue weighted by molar-refractivity contribution is 5.86. The summed E-state index contributed by atoms with van der Waals surface area (Å²) in [5.41, 5.74) is 1.04. The van der Waals surface area contributed by atoms with Crippen LogP contribution < -0.4 is 4.90 Å². The molecule has 108 valence electrons. The summed E-state index contributed by atoms with van der Waals surface area (Å²) in [6.07, 6.45) is 4.32. The summed E-state index contributed by atoms with van der Waals surface area (Å²) in [6, 6.07) is 4.70. The summed E-state index contributed by atoms with van der Waals surface area (Å²) in [7, 11) is 0. The van der Waals surface area contributed by atoms with Crippen LogP contribution in [0.1, 0.15) is 36.0 Å². The summed E-state index contributed by atoms with van der Waals surface area (Å²) in [4.78, 5) is 23.6. The lowest BCUT2D eigenvalue weighted by molar-refractivity contribution is -0.384. The van der Waals surface area contributed by atoms with Gasteiger partial charge in [-0.25, -0.2) is 0 Å². The van der Waals surface area contributed by atoms with Gasteiger partial charge in [0.1, 0.15) is 0 Å². The maximum atomic E-state index is 11.2. The van der Waals surface area contributed by atoms with Gasteiger partial charge in [0.2, 0.25) is 0 Å². The summed E-state index contributed by atoms with van der Waals surface area (Å²) in [5, 5.41) is 19.7. The molecule has 0 bridgehead atoms. The molecule has 1 unspecified atom stereocenters. The highest BCUT2D eigenvalue weighted by Gasteiger charge is 2.26. The van der Waals surface area contributed by atoms with Crippen LogP contribution in [0.15, 0.2) is 18.2 Å². The second-order valence-electron chi connectivity index (χ2n) is 4.97. The van der Waals surface area contributed by atoms with E-state index in [1.54, 1.807) is 6.07 Å². The fourth-order valence-corrected chi connectivity index (χ4v) is 2.79. The van der Waals surface area contributed by atoms with Gasteiger partial charge in [0.25, 0.3) is 5.69 Å². The molecule has 0 radical (unpaired) electrons. The molecule has 0 aliphatic carbocycles. The molecular formula is C14H18N2O4. The monoisotopic (exact) mass is 278 g/mol. The number of carbonyl (C=O) groups excluding carboxylic acids is 1. The van der Waals surface area contributed by atoms with E-state index >= 15 is 0 Å². The lowest BCUT2D eigenvalue weighted by atomic mass is 10.1. The van der Waals surface area contributed by atoms with E-state index in [-0.39, 0.29) is 12.3 Å². The SMILES string of the molecule is O=Cc1cc([N+](=O)[O-])ccc1N1CCCC1CCCO. The van der Waals surface area contributed by atoms with Gasteiger partial charge in [-0.2, -0.15) is 0 Å². The lowest BCUT2D eigenvalue weighted by Gasteiger charge is -2.27. The number of anilines is 1. The number of aldehydes is 1. The van der Waals surface area contributed by atoms with Crippen molar-refractivity contribution >= 4 is 17.7 Å². The minimum Gasteiger partial charge on any atom is -0.396 e. The van der Waals surface area contributed by atoms with E-state index < -0.39 is 4.92 Å². The Morgan fingerprint density at radius 3 is 2.95 bits per heavy atom. The van der Waals surface area contributed by atoms with Gasteiger partial charge in [-0.15, -0.1) is 0 Å². The topological polar surface area (TPSA) is 83.7 Å². The lowest BCUT2D eigenvalue weighted by Crippen LogP contribution is -2.30. The maximum Gasteiger partial charge on any atom is 0.270 e.